The predicted octanol–water partition coefficient (Wildman–Crippen LogP) is 1.48. The number of hydrogen-bond acceptors (Lipinski definition) is 3. The first-order valence-electron chi connectivity index (χ1n) is 5.10. The minimum Gasteiger partial charge on any atom is -0.388 e. The summed E-state index contributed by atoms with van der Waals surface area (Å²) in [6.07, 6.45) is 1.01. The zero-order valence-electron chi connectivity index (χ0n) is 9.41. The van der Waals surface area contributed by atoms with E-state index in [9.17, 15) is 0 Å². The van der Waals surface area contributed by atoms with Gasteiger partial charge in [0.05, 0.1) is 0 Å². The molecule has 0 unspecified atom stereocenters. The number of rotatable bonds is 4. The van der Waals surface area contributed by atoms with Gasteiger partial charge in [0.15, 0.2) is 5.82 Å². The number of aliphatic hydroxyl groups excluding tert-OH is 1. The topological polar surface area (TPSA) is 50.9 Å². The van der Waals surface area contributed by atoms with Crippen LogP contribution >= 0.6 is 0 Å². The van der Waals surface area contributed by atoms with E-state index in [0.717, 1.165) is 18.8 Å². The molecule has 1 N–H and O–H groups in total. The van der Waals surface area contributed by atoms with Crippen molar-refractivity contribution >= 4 is 0 Å². The molecule has 0 saturated carbocycles. The molecule has 4 nitrogen and oxygen atoms in total. The van der Waals surface area contributed by atoms with Crippen molar-refractivity contribution in [1.82, 2.24) is 14.8 Å². The number of nitrogens with zero attached hydrogens (tertiary/aromatic N) is 3. The molecule has 1 aromatic rings. The predicted molar refractivity (Wildman–Crippen MR) is 54.9 cm³/mol. The minimum atomic E-state index is -0.0410. The van der Waals surface area contributed by atoms with Gasteiger partial charge in [0.2, 0.25) is 0 Å². The van der Waals surface area contributed by atoms with Crippen molar-refractivity contribution in [2.75, 3.05) is 0 Å². The number of aromatic nitrogens is 3. The SMILES string of the molecule is CCn1c(CO)nnc1C(C)(C)CC. The first-order chi connectivity index (χ1) is 6.56. The highest BCUT2D eigenvalue weighted by Gasteiger charge is 2.25. The lowest BCUT2D eigenvalue weighted by Crippen LogP contribution is -2.22. The Kier molecular flexibility index (Phi) is 3.26. The number of aliphatic hydroxyl groups is 1. The van der Waals surface area contributed by atoms with E-state index in [1.165, 1.54) is 0 Å². The summed E-state index contributed by atoms with van der Waals surface area (Å²) in [5, 5.41) is 17.2. The molecule has 0 aliphatic rings. The highest BCUT2D eigenvalue weighted by Crippen LogP contribution is 2.25. The van der Waals surface area contributed by atoms with Crippen LogP contribution in [0.15, 0.2) is 0 Å². The Hall–Kier alpha value is -0.900. The molecule has 0 spiro atoms. The van der Waals surface area contributed by atoms with Gasteiger partial charge in [-0.2, -0.15) is 0 Å². The van der Waals surface area contributed by atoms with Crippen LogP contribution in [-0.4, -0.2) is 19.9 Å². The molecule has 0 aromatic carbocycles. The monoisotopic (exact) mass is 197 g/mol. The maximum Gasteiger partial charge on any atom is 0.158 e. The molecule has 0 bridgehead atoms. The van der Waals surface area contributed by atoms with E-state index in [2.05, 4.69) is 31.0 Å². The summed E-state index contributed by atoms with van der Waals surface area (Å²) in [5.74, 6) is 1.62. The van der Waals surface area contributed by atoms with Gasteiger partial charge in [0.25, 0.3) is 0 Å². The lowest BCUT2D eigenvalue weighted by molar-refractivity contribution is 0.263. The Morgan fingerprint density at radius 2 is 1.93 bits per heavy atom. The summed E-state index contributed by atoms with van der Waals surface area (Å²) < 4.78 is 1.99. The first kappa shape index (κ1) is 11.2. The van der Waals surface area contributed by atoms with Crippen molar-refractivity contribution in [3.05, 3.63) is 11.6 Å². The molecular weight excluding hydrogens is 178 g/mol. The summed E-state index contributed by atoms with van der Waals surface area (Å²) in [6, 6.07) is 0. The summed E-state index contributed by atoms with van der Waals surface area (Å²) in [4.78, 5) is 0. The molecule has 1 aromatic heterocycles. The zero-order chi connectivity index (χ0) is 10.8. The average molecular weight is 197 g/mol. The van der Waals surface area contributed by atoms with Crippen LogP contribution in [0, 0.1) is 0 Å². The van der Waals surface area contributed by atoms with E-state index >= 15 is 0 Å². The van der Waals surface area contributed by atoms with Gasteiger partial charge in [-0.1, -0.05) is 20.8 Å². The standard InChI is InChI=1S/C10H19N3O/c1-5-10(3,4)9-12-11-8(7-14)13(9)6-2/h14H,5-7H2,1-4H3. The molecule has 4 heteroatoms. The molecule has 0 radical (unpaired) electrons. The van der Waals surface area contributed by atoms with Gasteiger partial charge in [-0.25, -0.2) is 0 Å². The Bertz CT molecular complexity index is 304. The molecule has 80 valence electrons. The van der Waals surface area contributed by atoms with E-state index < -0.39 is 0 Å². The highest BCUT2D eigenvalue weighted by atomic mass is 16.3. The molecule has 0 aliphatic carbocycles. The second-order valence-electron chi connectivity index (χ2n) is 4.08. The second kappa shape index (κ2) is 4.09. The fraction of sp³-hybridized carbons (Fsp3) is 0.800. The van der Waals surface area contributed by atoms with Gasteiger partial charge in [-0.15, -0.1) is 10.2 Å². The van der Waals surface area contributed by atoms with Gasteiger partial charge in [-0.3, -0.25) is 0 Å². The normalized spacial score (nSPS) is 12.1. The van der Waals surface area contributed by atoms with E-state index in [4.69, 9.17) is 5.11 Å². The van der Waals surface area contributed by atoms with Gasteiger partial charge in [-0.05, 0) is 13.3 Å². The van der Waals surface area contributed by atoms with Gasteiger partial charge in [0, 0.05) is 12.0 Å². The molecule has 0 aliphatic heterocycles. The maximum absolute atomic E-state index is 9.08. The first-order valence-corrected chi connectivity index (χ1v) is 5.10. The van der Waals surface area contributed by atoms with Crippen molar-refractivity contribution in [3.8, 4) is 0 Å². The summed E-state index contributed by atoms with van der Waals surface area (Å²) >= 11 is 0. The average Bonchev–Trinajstić information content (AvgIpc) is 2.60. The largest absolute Gasteiger partial charge is 0.388 e. The van der Waals surface area contributed by atoms with Crippen molar-refractivity contribution in [3.63, 3.8) is 0 Å². The smallest absolute Gasteiger partial charge is 0.158 e. The van der Waals surface area contributed by atoms with E-state index in [-0.39, 0.29) is 12.0 Å². The van der Waals surface area contributed by atoms with Gasteiger partial charge >= 0.3 is 0 Å². The van der Waals surface area contributed by atoms with E-state index in [0.29, 0.717) is 5.82 Å². The fourth-order valence-electron chi connectivity index (χ4n) is 1.44. The van der Waals surface area contributed by atoms with Crippen molar-refractivity contribution in [2.45, 2.75) is 52.7 Å². The summed E-state index contributed by atoms with van der Waals surface area (Å²) in [5.41, 5.74) is 0.0242. The third-order valence-corrected chi connectivity index (χ3v) is 2.77. The van der Waals surface area contributed by atoms with Crippen LogP contribution in [0.1, 0.15) is 45.8 Å². The van der Waals surface area contributed by atoms with Crippen molar-refractivity contribution < 1.29 is 5.11 Å². The van der Waals surface area contributed by atoms with Crippen molar-refractivity contribution in [2.24, 2.45) is 0 Å². The third-order valence-electron chi connectivity index (χ3n) is 2.77. The Labute approximate surface area is 85.0 Å². The quantitative estimate of drug-likeness (QED) is 0.795. The molecule has 1 heterocycles. The van der Waals surface area contributed by atoms with Gasteiger partial charge < -0.3 is 9.67 Å². The van der Waals surface area contributed by atoms with Crippen LogP contribution in [0.5, 0.6) is 0 Å². The number of hydrogen-bond donors (Lipinski definition) is 1. The molecular formula is C10H19N3O. The molecule has 0 atom stereocenters. The van der Waals surface area contributed by atoms with Crippen LogP contribution in [0.4, 0.5) is 0 Å². The van der Waals surface area contributed by atoms with Crippen LogP contribution in [-0.2, 0) is 18.6 Å². The third kappa shape index (κ3) is 1.80. The Balaban J connectivity index is 3.15. The summed E-state index contributed by atoms with van der Waals surface area (Å²) in [7, 11) is 0. The van der Waals surface area contributed by atoms with Crippen LogP contribution in [0.3, 0.4) is 0 Å². The van der Waals surface area contributed by atoms with Crippen molar-refractivity contribution in [1.29, 1.82) is 0 Å². The Morgan fingerprint density at radius 1 is 1.29 bits per heavy atom. The zero-order valence-corrected chi connectivity index (χ0v) is 9.41. The van der Waals surface area contributed by atoms with Crippen LogP contribution in [0.25, 0.3) is 0 Å². The van der Waals surface area contributed by atoms with Crippen LogP contribution < -0.4 is 0 Å². The lowest BCUT2D eigenvalue weighted by Gasteiger charge is -2.22. The van der Waals surface area contributed by atoms with Crippen LogP contribution in [0.2, 0.25) is 0 Å². The maximum atomic E-state index is 9.08. The molecule has 0 saturated heterocycles. The lowest BCUT2D eigenvalue weighted by atomic mass is 9.89. The van der Waals surface area contributed by atoms with E-state index in [1.807, 2.05) is 11.5 Å². The second-order valence-corrected chi connectivity index (χ2v) is 4.08. The Morgan fingerprint density at radius 3 is 2.36 bits per heavy atom. The molecule has 0 fully saturated rings. The van der Waals surface area contributed by atoms with Gasteiger partial charge in [0.1, 0.15) is 12.4 Å². The highest BCUT2D eigenvalue weighted by molar-refractivity contribution is 5.06. The summed E-state index contributed by atoms with van der Waals surface area (Å²) in [6.45, 7) is 9.22. The molecule has 0 amide bonds. The molecule has 14 heavy (non-hydrogen) atoms. The van der Waals surface area contributed by atoms with E-state index in [1.54, 1.807) is 0 Å². The fourth-order valence-corrected chi connectivity index (χ4v) is 1.44. The molecule has 1 rings (SSSR count). The minimum absolute atomic E-state index is 0.0242.